The van der Waals surface area contributed by atoms with E-state index in [0.717, 1.165) is 24.5 Å². The average molecular weight is 297 g/mol. The second kappa shape index (κ2) is 7.17. The minimum absolute atomic E-state index is 0.484. The highest BCUT2D eigenvalue weighted by Crippen LogP contribution is 2.29. The van der Waals surface area contributed by atoms with E-state index in [1.807, 2.05) is 0 Å². The lowest BCUT2D eigenvalue weighted by Crippen LogP contribution is -2.15. The van der Waals surface area contributed by atoms with Crippen molar-refractivity contribution in [1.29, 1.82) is 0 Å². The molecule has 0 aliphatic heterocycles. The third-order valence-corrected chi connectivity index (χ3v) is 4.45. The standard InChI is InChI=1S/C15H21BrO/c16-11-15(14-7-2-1-3-8-14)12-17-10-9-13-5-4-6-13/h1-3,7-8,13,15H,4-6,9-12H2. The summed E-state index contributed by atoms with van der Waals surface area (Å²) in [4.78, 5) is 0. The van der Waals surface area contributed by atoms with Gasteiger partial charge in [-0.15, -0.1) is 0 Å². The molecule has 1 nitrogen and oxygen atoms in total. The first-order chi connectivity index (χ1) is 8.40. The quantitative estimate of drug-likeness (QED) is 0.536. The monoisotopic (exact) mass is 296 g/mol. The summed E-state index contributed by atoms with van der Waals surface area (Å²) in [5.74, 6) is 1.44. The van der Waals surface area contributed by atoms with E-state index >= 15 is 0 Å². The highest BCUT2D eigenvalue weighted by Gasteiger charge is 2.17. The predicted molar refractivity (Wildman–Crippen MR) is 75.8 cm³/mol. The molecule has 2 heteroatoms. The van der Waals surface area contributed by atoms with Crippen LogP contribution in [0.3, 0.4) is 0 Å². The highest BCUT2D eigenvalue weighted by atomic mass is 79.9. The average Bonchev–Trinajstić information content (AvgIpc) is 2.33. The fourth-order valence-electron chi connectivity index (χ4n) is 2.21. The lowest BCUT2D eigenvalue weighted by molar-refractivity contribution is 0.0990. The van der Waals surface area contributed by atoms with Gasteiger partial charge in [-0.05, 0) is 17.9 Å². The van der Waals surface area contributed by atoms with Gasteiger partial charge >= 0.3 is 0 Å². The van der Waals surface area contributed by atoms with Gasteiger partial charge in [0, 0.05) is 17.9 Å². The summed E-state index contributed by atoms with van der Waals surface area (Å²) in [5, 5.41) is 0.973. The van der Waals surface area contributed by atoms with Gasteiger partial charge < -0.3 is 4.74 Å². The summed E-state index contributed by atoms with van der Waals surface area (Å²) in [6.45, 7) is 1.77. The molecule has 1 saturated carbocycles. The van der Waals surface area contributed by atoms with Gasteiger partial charge in [0.15, 0.2) is 0 Å². The van der Waals surface area contributed by atoms with Crippen molar-refractivity contribution in [2.75, 3.05) is 18.5 Å². The Bertz CT molecular complexity index is 308. The van der Waals surface area contributed by atoms with Crippen LogP contribution in [0.2, 0.25) is 0 Å². The lowest BCUT2D eigenvalue weighted by atomic mass is 9.83. The van der Waals surface area contributed by atoms with E-state index in [1.54, 1.807) is 0 Å². The molecule has 1 aromatic carbocycles. The Morgan fingerprint density at radius 3 is 2.59 bits per heavy atom. The van der Waals surface area contributed by atoms with E-state index < -0.39 is 0 Å². The second-order valence-electron chi connectivity index (χ2n) is 4.92. The van der Waals surface area contributed by atoms with Crippen molar-refractivity contribution in [3.05, 3.63) is 35.9 Å². The van der Waals surface area contributed by atoms with Gasteiger partial charge in [-0.3, -0.25) is 0 Å². The molecule has 1 fully saturated rings. The number of rotatable bonds is 7. The molecule has 1 atom stereocenters. The number of hydrogen-bond acceptors (Lipinski definition) is 1. The fourth-order valence-corrected chi connectivity index (χ4v) is 2.77. The molecule has 0 radical (unpaired) electrons. The summed E-state index contributed by atoms with van der Waals surface area (Å²) in [6.07, 6.45) is 5.52. The Balaban J connectivity index is 1.68. The van der Waals surface area contributed by atoms with Crippen molar-refractivity contribution in [3.8, 4) is 0 Å². The Morgan fingerprint density at radius 2 is 2.00 bits per heavy atom. The largest absolute Gasteiger partial charge is 0.381 e. The molecule has 1 aliphatic carbocycles. The van der Waals surface area contributed by atoms with Crippen LogP contribution in [0, 0.1) is 5.92 Å². The molecule has 0 bridgehead atoms. The fraction of sp³-hybridized carbons (Fsp3) is 0.600. The first-order valence-corrected chi connectivity index (χ1v) is 7.71. The SMILES string of the molecule is BrCC(COCCC1CCC1)c1ccccc1. The summed E-state index contributed by atoms with van der Waals surface area (Å²) >= 11 is 3.58. The van der Waals surface area contributed by atoms with Crippen LogP contribution in [0.1, 0.15) is 37.2 Å². The van der Waals surface area contributed by atoms with Crippen LogP contribution in [-0.4, -0.2) is 18.5 Å². The van der Waals surface area contributed by atoms with Crippen LogP contribution in [0.5, 0.6) is 0 Å². The third-order valence-electron chi connectivity index (χ3n) is 3.67. The van der Waals surface area contributed by atoms with Gasteiger partial charge in [0.05, 0.1) is 6.61 Å². The maximum Gasteiger partial charge on any atom is 0.0542 e. The van der Waals surface area contributed by atoms with E-state index in [9.17, 15) is 0 Å². The third kappa shape index (κ3) is 4.11. The van der Waals surface area contributed by atoms with Gasteiger partial charge in [0.2, 0.25) is 0 Å². The molecule has 1 aliphatic rings. The summed E-state index contributed by atoms with van der Waals surface area (Å²) in [5.41, 5.74) is 1.37. The number of hydrogen-bond donors (Lipinski definition) is 0. The van der Waals surface area contributed by atoms with Crippen LogP contribution in [-0.2, 0) is 4.74 Å². The van der Waals surface area contributed by atoms with Crippen LogP contribution < -0.4 is 0 Å². The molecule has 0 N–H and O–H groups in total. The summed E-state index contributed by atoms with van der Waals surface area (Å²) in [7, 11) is 0. The van der Waals surface area contributed by atoms with Crippen LogP contribution >= 0.6 is 15.9 Å². The highest BCUT2D eigenvalue weighted by molar-refractivity contribution is 9.09. The van der Waals surface area contributed by atoms with E-state index in [2.05, 4.69) is 46.3 Å². The minimum atomic E-state index is 0.484. The minimum Gasteiger partial charge on any atom is -0.381 e. The Hall–Kier alpha value is -0.340. The lowest BCUT2D eigenvalue weighted by Gasteiger charge is -2.25. The molecule has 94 valence electrons. The molecule has 0 heterocycles. The number of alkyl halides is 1. The van der Waals surface area contributed by atoms with Crippen molar-refractivity contribution in [1.82, 2.24) is 0 Å². The molecule has 0 amide bonds. The molecule has 1 aromatic rings. The molecule has 17 heavy (non-hydrogen) atoms. The Kier molecular flexibility index (Phi) is 5.53. The zero-order valence-corrected chi connectivity index (χ0v) is 11.9. The van der Waals surface area contributed by atoms with Crippen molar-refractivity contribution >= 4 is 15.9 Å². The predicted octanol–water partition coefficient (Wildman–Crippen LogP) is 4.37. The second-order valence-corrected chi connectivity index (χ2v) is 5.57. The van der Waals surface area contributed by atoms with Gasteiger partial charge in [0.1, 0.15) is 0 Å². The number of benzene rings is 1. The van der Waals surface area contributed by atoms with E-state index in [0.29, 0.717) is 5.92 Å². The van der Waals surface area contributed by atoms with Crippen molar-refractivity contribution < 1.29 is 4.74 Å². The number of halogens is 1. The molecule has 0 spiro atoms. The first-order valence-electron chi connectivity index (χ1n) is 6.59. The number of ether oxygens (including phenoxy) is 1. The zero-order valence-electron chi connectivity index (χ0n) is 10.3. The maximum atomic E-state index is 5.82. The van der Waals surface area contributed by atoms with E-state index in [-0.39, 0.29) is 0 Å². The van der Waals surface area contributed by atoms with Gasteiger partial charge in [-0.1, -0.05) is 65.5 Å². The molecular formula is C15H21BrO. The van der Waals surface area contributed by atoms with E-state index in [4.69, 9.17) is 4.74 Å². The van der Waals surface area contributed by atoms with Crippen molar-refractivity contribution in [3.63, 3.8) is 0 Å². The molecule has 2 rings (SSSR count). The summed E-state index contributed by atoms with van der Waals surface area (Å²) < 4.78 is 5.82. The van der Waals surface area contributed by atoms with E-state index in [1.165, 1.54) is 31.2 Å². The zero-order chi connectivity index (χ0) is 11.9. The smallest absolute Gasteiger partial charge is 0.0542 e. The summed E-state index contributed by atoms with van der Waals surface area (Å²) in [6, 6.07) is 10.6. The first kappa shape index (κ1) is 13.1. The normalized spacial score (nSPS) is 17.7. The Labute approximate surface area is 113 Å². The van der Waals surface area contributed by atoms with Gasteiger partial charge in [0.25, 0.3) is 0 Å². The topological polar surface area (TPSA) is 9.23 Å². The molecular weight excluding hydrogens is 276 g/mol. The van der Waals surface area contributed by atoms with Crippen LogP contribution in [0.4, 0.5) is 0 Å². The van der Waals surface area contributed by atoms with Gasteiger partial charge in [-0.25, -0.2) is 0 Å². The molecule has 0 aromatic heterocycles. The van der Waals surface area contributed by atoms with Crippen LogP contribution in [0.15, 0.2) is 30.3 Å². The maximum absolute atomic E-state index is 5.82. The van der Waals surface area contributed by atoms with Crippen LogP contribution in [0.25, 0.3) is 0 Å². The van der Waals surface area contributed by atoms with Crippen molar-refractivity contribution in [2.24, 2.45) is 5.92 Å². The van der Waals surface area contributed by atoms with Gasteiger partial charge in [-0.2, -0.15) is 0 Å². The van der Waals surface area contributed by atoms with Crippen molar-refractivity contribution in [2.45, 2.75) is 31.6 Å². The molecule has 0 saturated heterocycles. The Morgan fingerprint density at radius 1 is 1.24 bits per heavy atom. The molecule has 1 unspecified atom stereocenters.